The molecule has 1 N–H and O–H groups in total. The van der Waals surface area contributed by atoms with E-state index >= 15 is 0 Å². The summed E-state index contributed by atoms with van der Waals surface area (Å²) in [5.41, 5.74) is 3.73. The molecule has 1 heteroatoms. The van der Waals surface area contributed by atoms with Gasteiger partial charge in [-0.25, -0.2) is 0 Å². The Morgan fingerprint density at radius 2 is 1.77 bits per heavy atom. The summed E-state index contributed by atoms with van der Waals surface area (Å²) in [5.74, 6) is 0. The van der Waals surface area contributed by atoms with Crippen LogP contribution in [0.1, 0.15) is 31.9 Å². The first-order valence-corrected chi connectivity index (χ1v) is 4.55. The van der Waals surface area contributed by atoms with Crippen LogP contribution < -0.4 is 0 Å². The standard InChI is InChI=1S/C12H14O/c1-8-9(2)12(3,13)11-7-5-4-6-10(8)11/h4-7,13H,1-3H3. The predicted octanol–water partition coefficient (Wildman–Crippen LogP) is 2.70. The zero-order valence-corrected chi connectivity index (χ0v) is 8.26. The third-order valence-electron chi connectivity index (χ3n) is 3.15. The van der Waals surface area contributed by atoms with Crippen molar-refractivity contribution in [3.8, 4) is 0 Å². The monoisotopic (exact) mass is 174 g/mol. The third-order valence-corrected chi connectivity index (χ3v) is 3.15. The first-order valence-electron chi connectivity index (χ1n) is 4.55. The Morgan fingerprint density at radius 3 is 2.38 bits per heavy atom. The molecular formula is C12H14O. The van der Waals surface area contributed by atoms with Crippen LogP contribution >= 0.6 is 0 Å². The van der Waals surface area contributed by atoms with Gasteiger partial charge in [0, 0.05) is 0 Å². The Hall–Kier alpha value is -1.08. The summed E-state index contributed by atoms with van der Waals surface area (Å²) in [6.45, 7) is 5.92. The van der Waals surface area contributed by atoms with E-state index in [0.29, 0.717) is 0 Å². The predicted molar refractivity (Wildman–Crippen MR) is 54.3 cm³/mol. The smallest absolute Gasteiger partial charge is 0.109 e. The van der Waals surface area contributed by atoms with Gasteiger partial charge in [0.25, 0.3) is 0 Å². The lowest BCUT2D eigenvalue weighted by Crippen LogP contribution is -2.19. The highest BCUT2D eigenvalue weighted by Gasteiger charge is 2.34. The van der Waals surface area contributed by atoms with E-state index in [0.717, 1.165) is 11.1 Å². The van der Waals surface area contributed by atoms with Gasteiger partial charge in [-0.1, -0.05) is 24.3 Å². The van der Waals surface area contributed by atoms with Gasteiger partial charge in [0.15, 0.2) is 0 Å². The molecule has 0 amide bonds. The van der Waals surface area contributed by atoms with Crippen LogP contribution in [0.4, 0.5) is 0 Å². The molecule has 13 heavy (non-hydrogen) atoms. The van der Waals surface area contributed by atoms with Crippen molar-refractivity contribution < 1.29 is 5.11 Å². The van der Waals surface area contributed by atoms with Gasteiger partial charge in [-0.05, 0) is 43.0 Å². The molecular weight excluding hydrogens is 160 g/mol. The molecule has 1 aromatic rings. The molecule has 1 aliphatic rings. The summed E-state index contributed by atoms with van der Waals surface area (Å²) < 4.78 is 0. The quantitative estimate of drug-likeness (QED) is 0.641. The minimum Gasteiger partial charge on any atom is -0.381 e. The summed E-state index contributed by atoms with van der Waals surface area (Å²) in [6, 6.07) is 8.04. The number of hydrogen-bond donors (Lipinski definition) is 1. The first kappa shape index (κ1) is 8.52. The van der Waals surface area contributed by atoms with Gasteiger partial charge in [0.1, 0.15) is 5.60 Å². The lowest BCUT2D eigenvalue weighted by Gasteiger charge is -2.20. The molecule has 1 atom stereocenters. The maximum Gasteiger partial charge on any atom is 0.109 e. The summed E-state index contributed by atoms with van der Waals surface area (Å²) >= 11 is 0. The molecule has 1 aliphatic carbocycles. The Labute approximate surface area is 78.7 Å². The lowest BCUT2D eigenvalue weighted by atomic mass is 9.94. The zero-order chi connectivity index (χ0) is 9.64. The Bertz CT molecular complexity index is 386. The normalized spacial score (nSPS) is 26.5. The topological polar surface area (TPSA) is 20.2 Å². The highest BCUT2D eigenvalue weighted by Crippen LogP contribution is 2.43. The van der Waals surface area contributed by atoms with Crippen molar-refractivity contribution in [2.24, 2.45) is 0 Å². The summed E-state index contributed by atoms with van der Waals surface area (Å²) in [5, 5.41) is 10.2. The van der Waals surface area contributed by atoms with Gasteiger partial charge < -0.3 is 5.11 Å². The van der Waals surface area contributed by atoms with Crippen molar-refractivity contribution >= 4 is 5.57 Å². The summed E-state index contributed by atoms with van der Waals surface area (Å²) in [4.78, 5) is 0. The molecule has 0 aliphatic heterocycles. The van der Waals surface area contributed by atoms with Crippen molar-refractivity contribution in [3.63, 3.8) is 0 Å². The van der Waals surface area contributed by atoms with Crippen LogP contribution in [0.25, 0.3) is 5.57 Å². The fourth-order valence-corrected chi connectivity index (χ4v) is 2.00. The fraction of sp³-hybridized carbons (Fsp3) is 0.333. The lowest BCUT2D eigenvalue weighted by molar-refractivity contribution is 0.102. The maximum absolute atomic E-state index is 10.2. The molecule has 1 unspecified atom stereocenters. The van der Waals surface area contributed by atoms with E-state index in [4.69, 9.17) is 0 Å². The molecule has 0 saturated carbocycles. The van der Waals surface area contributed by atoms with Crippen molar-refractivity contribution in [1.29, 1.82) is 0 Å². The van der Waals surface area contributed by atoms with Gasteiger partial charge in [-0.3, -0.25) is 0 Å². The number of aliphatic hydroxyl groups is 1. The van der Waals surface area contributed by atoms with E-state index in [2.05, 4.69) is 13.0 Å². The number of hydrogen-bond acceptors (Lipinski definition) is 1. The second-order valence-electron chi connectivity index (χ2n) is 3.87. The summed E-state index contributed by atoms with van der Waals surface area (Å²) in [7, 11) is 0. The van der Waals surface area contributed by atoms with Gasteiger partial charge in [-0.2, -0.15) is 0 Å². The highest BCUT2D eigenvalue weighted by molar-refractivity contribution is 5.77. The van der Waals surface area contributed by atoms with Crippen molar-refractivity contribution in [1.82, 2.24) is 0 Å². The largest absolute Gasteiger partial charge is 0.381 e. The molecule has 2 rings (SSSR count). The van der Waals surface area contributed by atoms with Crippen LogP contribution in [0.15, 0.2) is 29.8 Å². The molecule has 0 fully saturated rings. The van der Waals surface area contributed by atoms with E-state index in [1.54, 1.807) is 0 Å². The Morgan fingerprint density at radius 1 is 1.15 bits per heavy atom. The average molecular weight is 174 g/mol. The fourth-order valence-electron chi connectivity index (χ4n) is 2.00. The molecule has 0 heterocycles. The van der Waals surface area contributed by atoms with Crippen LogP contribution in [0, 0.1) is 0 Å². The van der Waals surface area contributed by atoms with E-state index in [1.165, 1.54) is 11.1 Å². The molecule has 68 valence electrons. The second-order valence-corrected chi connectivity index (χ2v) is 3.87. The van der Waals surface area contributed by atoms with Gasteiger partial charge >= 0.3 is 0 Å². The van der Waals surface area contributed by atoms with Gasteiger partial charge in [0.05, 0.1) is 0 Å². The van der Waals surface area contributed by atoms with Crippen molar-refractivity contribution in [2.75, 3.05) is 0 Å². The third kappa shape index (κ3) is 0.971. The van der Waals surface area contributed by atoms with Crippen LogP contribution in [0.5, 0.6) is 0 Å². The Balaban J connectivity index is 2.74. The Kier molecular flexibility index (Phi) is 1.61. The molecule has 0 bridgehead atoms. The highest BCUT2D eigenvalue weighted by atomic mass is 16.3. The first-order chi connectivity index (χ1) is 6.05. The minimum absolute atomic E-state index is 0.763. The zero-order valence-electron chi connectivity index (χ0n) is 8.26. The number of rotatable bonds is 0. The molecule has 0 saturated heterocycles. The van der Waals surface area contributed by atoms with E-state index in [9.17, 15) is 5.11 Å². The number of fused-ring (bicyclic) bond motifs is 1. The maximum atomic E-state index is 10.2. The van der Waals surface area contributed by atoms with Crippen LogP contribution in [-0.4, -0.2) is 5.11 Å². The van der Waals surface area contributed by atoms with E-state index in [1.807, 2.05) is 32.0 Å². The van der Waals surface area contributed by atoms with Crippen LogP contribution in [-0.2, 0) is 5.60 Å². The molecule has 0 spiro atoms. The average Bonchev–Trinajstić information content (AvgIpc) is 2.30. The van der Waals surface area contributed by atoms with Crippen LogP contribution in [0.2, 0.25) is 0 Å². The second kappa shape index (κ2) is 2.46. The van der Waals surface area contributed by atoms with Crippen molar-refractivity contribution in [3.05, 3.63) is 41.0 Å². The minimum atomic E-state index is -0.763. The van der Waals surface area contributed by atoms with E-state index in [-0.39, 0.29) is 0 Å². The van der Waals surface area contributed by atoms with Crippen LogP contribution in [0.3, 0.4) is 0 Å². The van der Waals surface area contributed by atoms with Crippen molar-refractivity contribution in [2.45, 2.75) is 26.4 Å². The molecule has 0 aromatic heterocycles. The number of benzene rings is 1. The van der Waals surface area contributed by atoms with Gasteiger partial charge in [0.2, 0.25) is 0 Å². The van der Waals surface area contributed by atoms with E-state index < -0.39 is 5.60 Å². The number of allylic oxidation sites excluding steroid dienone is 1. The summed E-state index contributed by atoms with van der Waals surface area (Å²) in [6.07, 6.45) is 0. The molecule has 1 nitrogen and oxygen atoms in total. The van der Waals surface area contributed by atoms with Gasteiger partial charge in [-0.15, -0.1) is 0 Å². The molecule has 1 aromatic carbocycles. The molecule has 0 radical (unpaired) electrons. The SMILES string of the molecule is CC1=C(C)C(C)(O)c2ccccc21.